The molecule has 0 saturated carbocycles. The minimum Gasteiger partial charge on any atom is -0.497 e. The molecule has 0 radical (unpaired) electrons. The van der Waals surface area contributed by atoms with Crippen LogP contribution in [0.15, 0.2) is 29.8 Å². The zero-order valence-corrected chi connectivity index (χ0v) is 10.7. The molecule has 0 aliphatic rings. The zero-order valence-electron chi connectivity index (χ0n) is 10.7. The van der Waals surface area contributed by atoms with Crippen LogP contribution in [0.1, 0.15) is 6.92 Å². The maximum Gasteiger partial charge on any atom is 0.328 e. The Morgan fingerprint density at radius 1 is 1.28 bits per heavy atom. The van der Waals surface area contributed by atoms with Gasteiger partial charge >= 0.3 is 5.97 Å². The standard InChI is InChI=1S/C13H17NO4/c1-9(4-13(15)16)8-14-10-5-11(17-2)7-12(6-10)18-3/h4-7,14H,8H2,1-3H3,(H,15,16)/b9-4+. The molecule has 1 aromatic rings. The van der Waals surface area contributed by atoms with Crippen LogP contribution in [0.25, 0.3) is 0 Å². The summed E-state index contributed by atoms with van der Waals surface area (Å²) in [5.74, 6) is 0.408. The van der Waals surface area contributed by atoms with Crippen LogP contribution in [0.3, 0.4) is 0 Å². The lowest BCUT2D eigenvalue weighted by atomic mass is 10.2. The first-order chi connectivity index (χ1) is 8.55. The number of carboxylic acids is 1. The van der Waals surface area contributed by atoms with Gasteiger partial charge in [0.15, 0.2) is 0 Å². The lowest BCUT2D eigenvalue weighted by Crippen LogP contribution is -2.05. The second kappa shape index (κ2) is 6.54. The van der Waals surface area contributed by atoms with Crippen LogP contribution in [0.4, 0.5) is 5.69 Å². The van der Waals surface area contributed by atoms with Crippen LogP contribution in [0, 0.1) is 0 Å². The van der Waals surface area contributed by atoms with E-state index in [1.165, 1.54) is 6.08 Å². The summed E-state index contributed by atoms with van der Waals surface area (Å²) in [7, 11) is 3.16. The Labute approximate surface area is 106 Å². The highest BCUT2D eigenvalue weighted by atomic mass is 16.5. The summed E-state index contributed by atoms with van der Waals surface area (Å²) >= 11 is 0. The average Bonchev–Trinajstić information content (AvgIpc) is 2.35. The van der Waals surface area contributed by atoms with Crippen molar-refractivity contribution in [1.29, 1.82) is 0 Å². The molecule has 0 saturated heterocycles. The Hall–Kier alpha value is -2.17. The van der Waals surface area contributed by atoms with Gasteiger partial charge in [-0.2, -0.15) is 0 Å². The molecule has 18 heavy (non-hydrogen) atoms. The molecule has 0 atom stereocenters. The van der Waals surface area contributed by atoms with Gasteiger partial charge in [0.2, 0.25) is 0 Å². The van der Waals surface area contributed by atoms with Gasteiger partial charge in [-0.15, -0.1) is 0 Å². The number of carbonyl (C=O) groups is 1. The fourth-order valence-corrected chi connectivity index (χ4v) is 1.41. The van der Waals surface area contributed by atoms with E-state index in [4.69, 9.17) is 14.6 Å². The van der Waals surface area contributed by atoms with Gasteiger partial charge in [-0.25, -0.2) is 4.79 Å². The number of anilines is 1. The van der Waals surface area contributed by atoms with Crippen molar-refractivity contribution in [3.05, 3.63) is 29.8 Å². The summed E-state index contributed by atoms with van der Waals surface area (Å²) in [5, 5.41) is 11.7. The van der Waals surface area contributed by atoms with Gasteiger partial charge < -0.3 is 19.9 Å². The number of benzene rings is 1. The topological polar surface area (TPSA) is 67.8 Å². The van der Waals surface area contributed by atoms with E-state index < -0.39 is 5.97 Å². The molecule has 0 aliphatic carbocycles. The lowest BCUT2D eigenvalue weighted by Gasteiger charge is -2.10. The summed E-state index contributed by atoms with van der Waals surface area (Å²) < 4.78 is 10.3. The first kappa shape index (κ1) is 13.9. The second-order valence-electron chi connectivity index (χ2n) is 3.78. The third kappa shape index (κ3) is 4.37. The molecule has 2 N–H and O–H groups in total. The predicted octanol–water partition coefficient (Wildman–Crippen LogP) is 2.15. The molecular weight excluding hydrogens is 234 g/mol. The third-order valence-electron chi connectivity index (χ3n) is 2.29. The second-order valence-corrected chi connectivity index (χ2v) is 3.78. The fourth-order valence-electron chi connectivity index (χ4n) is 1.41. The van der Waals surface area contributed by atoms with Crippen molar-refractivity contribution in [3.8, 4) is 11.5 Å². The number of hydrogen-bond donors (Lipinski definition) is 2. The van der Waals surface area contributed by atoms with Gasteiger partial charge in [0.05, 0.1) is 14.2 Å². The molecule has 0 heterocycles. The van der Waals surface area contributed by atoms with Crippen molar-refractivity contribution in [2.24, 2.45) is 0 Å². The van der Waals surface area contributed by atoms with Gasteiger partial charge in [-0.1, -0.05) is 0 Å². The average molecular weight is 251 g/mol. The Morgan fingerprint density at radius 2 is 1.83 bits per heavy atom. The Kier molecular flexibility index (Phi) is 5.05. The Bertz CT molecular complexity index is 432. The van der Waals surface area contributed by atoms with Crippen molar-refractivity contribution in [1.82, 2.24) is 0 Å². The SMILES string of the molecule is COc1cc(NC/C(C)=C/C(=O)O)cc(OC)c1. The molecule has 5 heteroatoms. The molecule has 98 valence electrons. The van der Waals surface area contributed by atoms with Crippen molar-refractivity contribution < 1.29 is 19.4 Å². The van der Waals surface area contributed by atoms with Crippen LogP contribution in [0.5, 0.6) is 11.5 Å². The van der Waals surface area contributed by atoms with Crippen LogP contribution < -0.4 is 14.8 Å². The molecule has 0 bridgehead atoms. The summed E-state index contributed by atoms with van der Waals surface area (Å²) in [6.45, 7) is 2.20. The molecule has 1 aromatic carbocycles. The van der Waals surface area contributed by atoms with Crippen molar-refractivity contribution >= 4 is 11.7 Å². The number of hydrogen-bond acceptors (Lipinski definition) is 4. The molecule has 1 rings (SSSR count). The predicted molar refractivity (Wildman–Crippen MR) is 69.4 cm³/mol. The summed E-state index contributed by atoms with van der Waals surface area (Å²) in [4.78, 5) is 10.5. The first-order valence-electron chi connectivity index (χ1n) is 5.42. The van der Waals surface area contributed by atoms with Crippen molar-refractivity contribution in [3.63, 3.8) is 0 Å². The van der Waals surface area contributed by atoms with Crippen molar-refractivity contribution in [2.75, 3.05) is 26.1 Å². The van der Waals surface area contributed by atoms with Crippen molar-refractivity contribution in [2.45, 2.75) is 6.92 Å². The zero-order chi connectivity index (χ0) is 13.5. The van der Waals surface area contributed by atoms with E-state index in [-0.39, 0.29) is 0 Å². The normalized spacial score (nSPS) is 10.9. The molecule has 0 aliphatic heterocycles. The van der Waals surface area contributed by atoms with Gasteiger partial charge in [-0.3, -0.25) is 0 Å². The maximum atomic E-state index is 10.5. The number of aliphatic carboxylic acids is 1. The lowest BCUT2D eigenvalue weighted by molar-refractivity contribution is -0.131. The number of ether oxygens (including phenoxy) is 2. The highest BCUT2D eigenvalue weighted by Gasteiger charge is 2.02. The summed E-state index contributed by atoms with van der Waals surface area (Å²) in [6, 6.07) is 5.40. The fraction of sp³-hybridized carbons (Fsp3) is 0.308. The minimum atomic E-state index is -0.947. The Morgan fingerprint density at radius 3 is 2.28 bits per heavy atom. The number of nitrogens with one attached hydrogen (secondary N) is 1. The van der Waals surface area contributed by atoms with Gasteiger partial charge in [0.25, 0.3) is 0 Å². The quantitative estimate of drug-likeness (QED) is 0.758. The van der Waals surface area contributed by atoms with Gasteiger partial charge in [0.1, 0.15) is 11.5 Å². The first-order valence-corrected chi connectivity index (χ1v) is 5.42. The van der Waals surface area contributed by atoms with E-state index in [9.17, 15) is 4.79 Å². The van der Waals surface area contributed by atoms with Gasteiger partial charge in [-0.05, 0) is 12.5 Å². The minimum absolute atomic E-state index is 0.447. The van der Waals surface area contributed by atoms with E-state index in [2.05, 4.69) is 5.32 Å². The summed E-state index contributed by atoms with van der Waals surface area (Å²) in [5.41, 5.74) is 1.54. The van der Waals surface area contributed by atoms with Crippen LogP contribution in [0.2, 0.25) is 0 Å². The monoisotopic (exact) mass is 251 g/mol. The highest BCUT2D eigenvalue weighted by molar-refractivity contribution is 5.80. The van der Waals surface area contributed by atoms with Crippen LogP contribution in [-0.4, -0.2) is 31.8 Å². The number of rotatable bonds is 6. The molecule has 0 aromatic heterocycles. The highest BCUT2D eigenvalue weighted by Crippen LogP contribution is 2.25. The molecule has 0 unspecified atom stereocenters. The third-order valence-corrected chi connectivity index (χ3v) is 2.29. The van der Waals surface area contributed by atoms with E-state index in [0.717, 1.165) is 11.3 Å². The molecule has 0 amide bonds. The van der Waals surface area contributed by atoms with E-state index in [1.54, 1.807) is 27.2 Å². The largest absolute Gasteiger partial charge is 0.497 e. The smallest absolute Gasteiger partial charge is 0.328 e. The molecule has 5 nitrogen and oxygen atoms in total. The van der Waals surface area contributed by atoms with E-state index >= 15 is 0 Å². The number of methoxy groups -OCH3 is 2. The molecule has 0 spiro atoms. The van der Waals surface area contributed by atoms with E-state index in [0.29, 0.717) is 18.0 Å². The van der Waals surface area contributed by atoms with Gasteiger partial charge in [0, 0.05) is 36.5 Å². The molecule has 0 fully saturated rings. The molecular formula is C13H17NO4. The Balaban J connectivity index is 2.75. The maximum absolute atomic E-state index is 10.5. The van der Waals surface area contributed by atoms with E-state index in [1.807, 2.05) is 12.1 Å². The number of carboxylic acid groups (broad SMARTS) is 1. The van der Waals surface area contributed by atoms with Crippen LogP contribution in [-0.2, 0) is 4.79 Å². The summed E-state index contributed by atoms with van der Waals surface area (Å²) in [6.07, 6.45) is 1.17. The van der Waals surface area contributed by atoms with Crippen LogP contribution >= 0.6 is 0 Å².